The Morgan fingerprint density at radius 1 is 1.38 bits per heavy atom. The quantitative estimate of drug-likeness (QED) is 0.258. The first-order valence-electron chi connectivity index (χ1n) is 7.14. The Morgan fingerprint density at radius 2 is 2.19 bits per heavy atom. The minimum absolute atomic E-state index is 0.248. The van der Waals surface area contributed by atoms with E-state index in [2.05, 4.69) is 21.2 Å². The summed E-state index contributed by atoms with van der Waals surface area (Å²) in [5, 5.41) is 3.50. The zero-order chi connectivity index (χ0) is 14.9. The van der Waals surface area contributed by atoms with E-state index >= 15 is 0 Å². The third-order valence-electron chi connectivity index (χ3n) is 3.32. The summed E-state index contributed by atoms with van der Waals surface area (Å²) >= 11 is 5.10. The predicted octanol–water partition coefficient (Wildman–Crippen LogP) is -1.57. The second-order valence-corrected chi connectivity index (χ2v) is 5.29. The highest BCUT2D eigenvalue weighted by molar-refractivity contribution is 7.80. The minimum atomic E-state index is -0.248. The number of carbonyl (C=O) groups is 1. The molecule has 8 heteroatoms. The molecule has 1 aliphatic rings. The van der Waals surface area contributed by atoms with Crippen LogP contribution in [0, 0.1) is 0 Å². The Kier molecular flexibility index (Phi) is 6.45. The number of morpholine rings is 1. The molecule has 1 aliphatic heterocycles. The average Bonchev–Trinajstić information content (AvgIpc) is 3.05. The average molecular weight is 312 g/mol. The van der Waals surface area contributed by atoms with E-state index in [1.807, 2.05) is 0 Å². The number of carbonyl (C=O) groups excluding carboxylic acids is 1. The molecule has 0 saturated carbocycles. The maximum atomic E-state index is 11.6. The highest BCUT2D eigenvalue weighted by atomic mass is 32.1. The van der Waals surface area contributed by atoms with Crippen LogP contribution >= 0.6 is 12.2 Å². The van der Waals surface area contributed by atoms with Crippen molar-refractivity contribution in [2.75, 3.05) is 39.4 Å². The molecule has 0 aliphatic carbocycles. The van der Waals surface area contributed by atoms with Gasteiger partial charge in [-0.1, -0.05) is 0 Å². The van der Waals surface area contributed by atoms with Crippen LogP contribution in [0.3, 0.4) is 0 Å². The standard InChI is InChI=1S/C13H21N5O2S/c19-12(11-3-1-4-14-11)16-17-13(21)15-5-2-6-18-7-9-20-10-8-18/h1,3-4,14H,2,5-10H2,(H,16,19)(H2,15,17,21)/p+1. The summed E-state index contributed by atoms with van der Waals surface area (Å²) < 4.78 is 5.32. The molecule has 2 heterocycles. The Balaban J connectivity index is 1.52. The van der Waals surface area contributed by atoms with E-state index < -0.39 is 0 Å². The molecule has 7 nitrogen and oxygen atoms in total. The Bertz CT molecular complexity index is 445. The lowest BCUT2D eigenvalue weighted by atomic mass is 10.3. The molecule has 1 aromatic rings. The molecule has 1 amide bonds. The number of rotatable bonds is 5. The first-order chi connectivity index (χ1) is 10.3. The lowest BCUT2D eigenvalue weighted by Gasteiger charge is -2.23. The number of aromatic amines is 1. The smallest absolute Gasteiger partial charge is 0.286 e. The molecule has 116 valence electrons. The van der Waals surface area contributed by atoms with Crippen molar-refractivity contribution in [3.05, 3.63) is 24.0 Å². The van der Waals surface area contributed by atoms with Crippen molar-refractivity contribution in [1.82, 2.24) is 21.2 Å². The van der Waals surface area contributed by atoms with Gasteiger partial charge in [-0.2, -0.15) is 0 Å². The molecular formula is C13H22N5O2S+. The van der Waals surface area contributed by atoms with Crippen molar-refractivity contribution in [1.29, 1.82) is 0 Å². The molecule has 0 atom stereocenters. The van der Waals surface area contributed by atoms with Gasteiger partial charge in [-0.25, -0.2) is 0 Å². The lowest BCUT2D eigenvalue weighted by Crippen LogP contribution is -3.14. The first kappa shape index (κ1) is 15.7. The molecule has 0 radical (unpaired) electrons. The molecule has 2 rings (SSSR count). The third kappa shape index (κ3) is 5.70. The minimum Gasteiger partial charge on any atom is -0.370 e. The normalized spacial score (nSPS) is 15.4. The summed E-state index contributed by atoms with van der Waals surface area (Å²) in [4.78, 5) is 16.0. The molecule has 1 saturated heterocycles. The van der Waals surface area contributed by atoms with Crippen LogP contribution in [-0.2, 0) is 4.74 Å². The Hall–Kier alpha value is -1.64. The zero-order valence-electron chi connectivity index (χ0n) is 11.9. The summed E-state index contributed by atoms with van der Waals surface area (Å²) in [5.74, 6) is -0.248. The largest absolute Gasteiger partial charge is 0.370 e. The van der Waals surface area contributed by atoms with Gasteiger partial charge in [0.1, 0.15) is 18.8 Å². The van der Waals surface area contributed by atoms with Crippen molar-refractivity contribution in [3.63, 3.8) is 0 Å². The van der Waals surface area contributed by atoms with Gasteiger partial charge in [0.05, 0.1) is 19.8 Å². The molecule has 21 heavy (non-hydrogen) atoms. The van der Waals surface area contributed by atoms with E-state index in [1.54, 1.807) is 23.2 Å². The van der Waals surface area contributed by atoms with Gasteiger partial charge in [-0.3, -0.25) is 15.6 Å². The molecule has 1 aromatic heterocycles. The fourth-order valence-electron chi connectivity index (χ4n) is 2.15. The number of amides is 1. The van der Waals surface area contributed by atoms with Gasteiger partial charge >= 0.3 is 0 Å². The lowest BCUT2D eigenvalue weighted by molar-refractivity contribution is -0.908. The molecule has 0 spiro atoms. The van der Waals surface area contributed by atoms with Crippen LogP contribution < -0.4 is 21.1 Å². The molecule has 0 bridgehead atoms. The number of nitrogens with one attached hydrogen (secondary N) is 5. The van der Waals surface area contributed by atoms with E-state index in [9.17, 15) is 4.79 Å². The van der Waals surface area contributed by atoms with E-state index in [4.69, 9.17) is 17.0 Å². The maximum absolute atomic E-state index is 11.6. The number of quaternary nitrogens is 1. The summed E-state index contributed by atoms with van der Waals surface area (Å²) in [6.07, 6.45) is 2.72. The van der Waals surface area contributed by atoms with Gasteiger partial charge in [0, 0.05) is 19.2 Å². The second-order valence-electron chi connectivity index (χ2n) is 4.88. The molecular weight excluding hydrogens is 290 g/mol. The second kappa shape index (κ2) is 8.60. The van der Waals surface area contributed by atoms with Crippen LogP contribution in [0.1, 0.15) is 16.9 Å². The van der Waals surface area contributed by atoms with Crippen molar-refractivity contribution in [3.8, 4) is 0 Å². The summed E-state index contributed by atoms with van der Waals surface area (Å²) in [6, 6.07) is 3.46. The first-order valence-corrected chi connectivity index (χ1v) is 7.55. The number of aromatic nitrogens is 1. The summed E-state index contributed by atoms with van der Waals surface area (Å²) in [6.45, 7) is 5.76. The summed E-state index contributed by atoms with van der Waals surface area (Å²) in [5.41, 5.74) is 5.70. The van der Waals surface area contributed by atoms with Gasteiger partial charge in [-0.15, -0.1) is 0 Å². The predicted molar refractivity (Wildman–Crippen MR) is 83.0 cm³/mol. The highest BCUT2D eigenvalue weighted by Gasteiger charge is 2.12. The Morgan fingerprint density at radius 3 is 2.90 bits per heavy atom. The van der Waals surface area contributed by atoms with E-state index in [0.717, 1.165) is 45.8 Å². The number of H-pyrrole nitrogens is 1. The van der Waals surface area contributed by atoms with Gasteiger partial charge in [-0.05, 0) is 24.4 Å². The third-order valence-corrected chi connectivity index (χ3v) is 3.57. The Labute approximate surface area is 129 Å². The van der Waals surface area contributed by atoms with Crippen LogP contribution in [0.2, 0.25) is 0 Å². The highest BCUT2D eigenvalue weighted by Crippen LogP contribution is 1.92. The molecule has 1 fully saturated rings. The van der Waals surface area contributed by atoms with E-state index in [0.29, 0.717) is 10.8 Å². The van der Waals surface area contributed by atoms with Gasteiger partial charge < -0.3 is 19.9 Å². The topological polar surface area (TPSA) is 82.6 Å². The van der Waals surface area contributed by atoms with Gasteiger partial charge in [0.2, 0.25) is 0 Å². The number of hydrogen-bond donors (Lipinski definition) is 5. The van der Waals surface area contributed by atoms with Crippen molar-refractivity contribution in [2.45, 2.75) is 6.42 Å². The van der Waals surface area contributed by atoms with Gasteiger partial charge in [0.15, 0.2) is 5.11 Å². The SMILES string of the molecule is O=C(NNC(=S)NCCC[NH+]1CCOCC1)c1ccc[nH]1. The van der Waals surface area contributed by atoms with E-state index in [1.165, 1.54) is 0 Å². The zero-order valence-corrected chi connectivity index (χ0v) is 12.7. The monoisotopic (exact) mass is 312 g/mol. The number of thiocarbonyl (C=S) groups is 1. The maximum Gasteiger partial charge on any atom is 0.286 e. The fourth-order valence-corrected chi connectivity index (χ4v) is 2.30. The van der Waals surface area contributed by atoms with Crippen molar-refractivity contribution in [2.24, 2.45) is 0 Å². The van der Waals surface area contributed by atoms with E-state index in [-0.39, 0.29) is 5.91 Å². The number of hydrogen-bond acceptors (Lipinski definition) is 3. The number of hydrazine groups is 1. The van der Waals surface area contributed by atoms with Crippen LogP contribution in [0.4, 0.5) is 0 Å². The summed E-state index contributed by atoms with van der Waals surface area (Å²) in [7, 11) is 0. The molecule has 5 N–H and O–H groups in total. The van der Waals surface area contributed by atoms with Crippen molar-refractivity contribution < 1.29 is 14.4 Å². The van der Waals surface area contributed by atoms with Crippen LogP contribution in [0.5, 0.6) is 0 Å². The van der Waals surface area contributed by atoms with Crippen LogP contribution in [-0.4, -0.2) is 55.4 Å². The fraction of sp³-hybridized carbons (Fsp3) is 0.538. The van der Waals surface area contributed by atoms with Crippen LogP contribution in [0.15, 0.2) is 18.3 Å². The molecule has 0 aromatic carbocycles. The van der Waals surface area contributed by atoms with Crippen molar-refractivity contribution >= 4 is 23.2 Å². The molecule has 0 unspecified atom stereocenters. The van der Waals surface area contributed by atoms with Gasteiger partial charge in [0.25, 0.3) is 5.91 Å². The number of ether oxygens (including phenoxy) is 1. The van der Waals surface area contributed by atoms with Crippen LogP contribution in [0.25, 0.3) is 0 Å².